The topological polar surface area (TPSA) is 85.8 Å². The van der Waals surface area contributed by atoms with E-state index in [4.69, 9.17) is 16.0 Å². The lowest BCUT2D eigenvalue weighted by molar-refractivity contribution is 0.102. The van der Waals surface area contributed by atoms with Crippen LogP contribution in [0.25, 0.3) is 17.1 Å². The summed E-state index contributed by atoms with van der Waals surface area (Å²) in [4.78, 5) is 12.5. The van der Waals surface area contributed by atoms with Crippen LogP contribution in [0.3, 0.4) is 0 Å². The monoisotopic (exact) mass is 379 g/mol. The number of nitrogens with one attached hydrogen (secondary N) is 1. The van der Waals surface area contributed by atoms with E-state index in [0.29, 0.717) is 28.1 Å². The van der Waals surface area contributed by atoms with Gasteiger partial charge in [0.15, 0.2) is 0 Å². The van der Waals surface area contributed by atoms with Gasteiger partial charge in [0.25, 0.3) is 5.91 Å². The van der Waals surface area contributed by atoms with E-state index in [2.05, 4.69) is 20.6 Å². The first-order valence-corrected chi connectivity index (χ1v) is 8.49. The van der Waals surface area contributed by atoms with Gasteiger partial charge in [-0.2, -0.15) is 5.10 Å². The molecule has 0 saturated carbocycles. The Kier molecular flexibility index (Phi) is 4.43. The van der Waals surface area contributed by atoms with Crippen molar-refractivity contribution in [1.82, 2.24) is 20.0 Å². The summed E-state index contributed by atoms with van der Waals surface area (Å²) < 4.78 is 6.98. The molecule has 2 aromatic heterocycles. The summed E-state index contributed by atoms with van der Waals surface area (Å²) >= 11 is 5.99. The molecule has 2 heterocycles. The van der Waals surface area contributed by atoms with E-state index < -0.39 is 0 Å². The molecule has 0 fully saturated rings. The van der Waals surface area contributed by atoms with Crippen molar-refractivity contribution < 1.29 is 9.21 Å². The predicted molar refractivity (Wildman–Crippen MR) is 101 cm³/mol. The first-order chi connectivity index (χ1) is 13.1. The second-order valence-electron chi connectivity index (χ2n) is 5.81. The quantitative estimate of drug-likeness (QED) is 0.576. The summed E-state index contributed by atoms with van der Waals surface area (Å²) in [5.41, 5.74) is 2.64. The summed E-state index contributed by atoms with van der Waals surface area (Å²) in [6.07, 6.45) is 3.16. The molecule has 134 valence electrons. The molecule has 0 aliphatic carbocycles. The van der Waals surface area contributed by atoms with Crippen LogP contribution in [0.15, 0.2) is 65.3 Å². The van der Waals surface area contributed by atoms with Crippen molar-refractivity contribution in [2.45, 2.75) is 6.92 Å². The molecule has 0 atom stereocenters. The second kappa shape index (κ2) is 7.05. The first-order valence-electron chi connectivity index (χ1n) is 8.11. The number of aryl methyl sites for hydroxylation is 1. The fraction of sp³-hybridized carbons (Fsp3) is 0.0526. The van der Waals surface area contributed by atoms with Crippen LogP contribution in [-0.4, -0.2) is 25.9 Å². The number of carbonyl (C=O) groups excluding carboxylic acids is 1. The Morgan fingerprint density at radius 1 is 1.15 bits per heavy atom. The van der Waals surface area contributed by atoms with Crippen molar-refractivity contribution in [3.05, 3.63) is 77.4 Å². The van der Waals surface area contributed by atoms with Gasteiger partial charge in [0.2, 0.25) is 11.8 Å². The van der Waals surface area contributed by atoms with E-state index >= 15 is 0 Å². The maximum atomic E-state index is 12.5. The van der Waals surface area contributed by atoms with Crippen molar-refractivity contribution in [2.75, 3.05) is 5.32 Å². The third kappa shape index (κ3) is 3.73. The van der Waals surface area contributed by atoms with Crippen LogP contribution in [0.2, 0.25) is 5.02 Å². The summed E-state index contributed by atoms with van der Waals surface area (Å²) in [7, 11) is 0. The molecule has 0 bridgehead atoms. The number of aromatic nitrogens is 4. The van der Waals surface area contributed by atoms with E-state index in [1.807, 2.05) is 12.1 Å². The highest BCUT2D eigenvalue weighted by Gasteiger charge is 2.11. The van der Waals surface area contributed by atoms with Crippen LogP contribution in [0.5, 0.6) is 0 Å². The third-order valence-corrected chi connectivity index (χ3v) is 4.07. The van der Waals surface area contributed by atoms with Crippen molar-refractivity contribution in [3.8, 4) is 17.1 Å². The van der Waals surface area contributed by atoms with Crippen LogP contribution >= 0.6 is 11.6 Å². The van der Waals surface area contributed by atoms with Crippen molar-refractivity contribution in [3.63, 3.8) is 0 Å². The molecule has 7 nitrogen and oxygen atoms in total. The standard InChI is InChI=1S/C19H14ClN5O2/c1-12-23-24-19(27-12)13-5-7-16(8-6-13)22-18(26)14-10-21-25(11-14)17-4-2-3-15(20)9-17/h2-11H,1H3,(H,22,26). The number of carbonyl (C=O) groups is 1. The van der Waals surface area contributed by atoms with E-state index in [1.165, 1.54) is 6.20 Å². The number of hydrogen-bond donors (Lipinski definition) is 1. The molecular weight excluding hydrogens is 366 g/mol. The Balaban J connectivity index is 1.48. The minimum absolute atomic E-state index is 0.260. The number of benzene rings is 2. The molecule has 0 spiro atoms. The molecule has 1 amide bonds. The average molecular weight is 380 g/mol. The van der Waals surface area contributed by atoms with Crippen LogP contribution in [0.4, 0.5) is 5.69 Å². The van der Waals surface area contributed by atoms with Crippen molar-refractivity contribution in [1.29, 1.82) is 0 Å². The highest BCUT2D eigenvalue weighted by atomic mass is 35.5. The third-order valence-electron chi connectivity index (χ3n) is 3.83. The Morgan fingerprint density at radius 3 is 2.67 bits per heavy atom. The van der Waals surface area contributed by atoms with Gasteiger partial charge < -0.3 is 9.73 Å². The Bertz CT molecular complexity index is 1100. The van der Waals surface area contributed by atoms with Crippen LogP contribution in [-0.2, 0) is 0 Å². The highest BCUT2D eigenvalue weighted by molar-refractivity contribution is 6.30. The fourth-order valence-corrected chi connectivity index (χ4v) is 2.70. The molecule has 1 N–H and O–H groups in total. The number of amides is 1. The van der Waals surface area contributed by atoms with E-state index in [1.54, 1.807) is 54.2 Å². The largest absolute Gasteiger partial charge is 0.421 e. The van der Waals surface area contributed by atoms with Gasteiger partial charge in [0, 0.05) is 29.4 Å². The molecule has 0 aliphatic heterocycles. The molecule has 27 heavy (non-hydrogen) atoms. The molecular formula is C19H14ClN5O2. The van der Waals surface area contributed by atoms with Gasteiger partial charge in [-0.05, 0) is 42.5 Å². The summed E-state index contributed by atoms with van der Waals surface area (Å²) in [5, 5.41) is 15.4. The van der Waals surface area contributed by atoms with Crippen molar-refractivity contribution >= 4 is 23.2 Å². The fourth-order valence-electron chi connectivity index (χ4n) is 2.51. The minimum Gasteiger partial charge on any atom is -0.421 e. The lowest BCUT2D eigenvalue weighted by Gasteiger charge is -2.04. The smallest absolute Gasteiger partial charge is 0.258 e. The summed E-state index contributed by atoms with van der Waals surface area (Å²) in [5.74, 6) is 0.678. The number of rotatable bonds is 4. The molecule has 4 rings (SSSR count). The number of nitrogens with zero attached hydrogens (tertiary/aromatic N) is 4. The number of halogens is 1. The number of anilines is 1. The first kappa shape index (κ1) is 17.0. The normalized spacial score (nSPS) is 10.7. The maximum absolute atomic E-state index is 12.5. The van der Waals surface area contributed by atoms with Gasteiger partial charge in [0.05, 0.1) is 17.4 Å². The van der Waals surface area contributed by atoms with Crippen molar-refractivity contribution in [2.24, 2.45) is 0 Å². The van der Waals surface area contributed by atoms with Gasteiger partial charge in [-0.25, -0.2) is 4.68 Å². The molecule has 0 aliphatic rings. The molecule has 2 aromatic carbocycles. The summed E-state index contributed by atoms with van der Waals surface area (Å²) in [6, 6.07) is 14.4. The van der Waals surface area contributed by atoms with Gasteiger partial charge in [-0.3, -0.25) is 4.79 Å². The molecule has 0 unspecified atom stereocenters. The Hall–Kier alpha value is -3.45. The van der Waals surface area contributed by atoms with Crippen LogP contribution < -0.4 is 5.32 Å². The minimum atomic E-state index is -0.260. The molecule has 0 saturated heterocycles. The Morgan fingerprint density at radius 2 is 1.96 bits per heavy atom. The zero-order chi connectivity index (χ0) is 18.8. The van der Waals surface area contributed by atoms with Gasteiger partial charge in [-0.15, -0.1) is 10.2 Å². The van der Waals surface area contributed by atoms with Gasteiger partial charge in [0.1, 0.15) is 0 Å². The maximum Gasteiger partial charge on any atom is 0.258 e. The van der Waals surface area contributed by atoms with Crippen LogP contribution in [0.1, 0.15) is 16.2 Å². The SMILES string of the molecule is Cc1nnc(-c2ccc(NC(=O)c3cnn(-c4cccc(Cl)c4)c3)cc2)o1. The van der Waals surface area contributed by atoms with Crippen LogP contribution in [0, 0.1) is 6.92 Å². The van der Waals surface area contributed by atoms with E-state index in [0.717, 1.165) is 11.3 Å². The average Bonchev–Trinajstić information content (AvgIpc) is 3.32. The van der Waals surface area contributed by atoms with E-state index in [9.17, 15) is 4.79 Å². The summed E-state index contributed by atoms with van der Waals surface area (Å²) in [6.45, 7) is 1.73. The molecule has 8 heteroatoms. The van der Waals surface area contributed by atoms with E-state index in [-0.39, 0.29) is 5.91 Å². The Labute approximate surface area is 159 Å². The van der Waals surface area contributed by atoms with Gasteiger partial charge in [-0.1, -0.05) is 17.7 Å². The highest BCUT2D eigenvalue weighted by Crippen LogP contribution is 2.21. The van der Waals surface area contributed by atoms with Gasteiger partial charge >= 0.3 is 0 Å². The second-order valence-corrected chi connectivity index (χ2v) is 6.25. The molecule has 4 aromatic rings. The lowest BCUT2D eigenvalue weighted by Crippen LogP contribution is -2.11. The zero-order valence-electron chi connectivity index (χ0n) is 14.3. The predicted octanol–water partition coefficient (Wildman–Crippen LogP) is 4.14. The lowest BCUT2D eigenvalue weighted by atomic mass is 10.2. The molecule has 0 radical (unpaired) electrons. The zero-order valence-corrected chi connectivity index (χ0v) is 15.0. The number of hydrogen-bond acceptors (Lipinski definition) is 5.